The van der Waals surface area contributed by atoms with E-state index in [1.807, 2.05) is 6.07 Å². The quantitative estimate of drug-likeness (QED) is 0.605. The van der Waals surface area contributed by atoms with Gasteiger partial charge < -0.3 is 20.1 Å². The Morgan fingerprint density at radius 2 is 2.09 bits per heavy atom. The highest BCUT2D eigenvalue weighted by Gasteiger charge is 2.10. The van der Waals surface area contributed by atoms with Gasteiger partial charge in [0.15, 0.2) is 5.96 Å². The summed E-state index contributed by atoms with van der Waals surface area (Å²) in [5.41, 5.74) is 2.31. The highest BCUT2D eigenvalue weighted by molar-refractivity contribution is 5.79. The molecule has 0 amide bonds. The molecule has 0 spiro atoms. The molecule has 128 valence electrons. The number of aryl methyl sites for hydroxylation is 1. The molecule has 0 atom stereocenters. The normalized spacial score (nSPS) is 16.2. The van der Waals surface area contributed by atoms with Crippen LogP contribution >= 0.6 is 0 Å². The molecule has 6 heteroatoms. The fourth-order valence-corrected chi connectivity index (χ4v) is 2.55. The monoisotopic (exact) mass is 320 g/mol. The summed E-state index contributed by atoms with van der Waals surface area (Å²) in [7, 11) is 3.49. The number of hydrogen-bond acceptors (Lipinski definition) is 4. The molecule has 0 bridgehead atoms. The van der Waals surface area contributed by atoms with Crippen molar-refractivity contribution in [2.24, 2.45) is 4.99 Å². The van der Waals surface area contributed by atoms with Crippen molar-refractivity contribution in [3.8, 4) is 5.75 Å². The number of ether oxygens (including phenoxy) is 2. The van der Waals surface area contributed by atoms with Gasteiger partial charge in [-0.1, -0.05) is 12.1 Å². The Balaban J connectivity index is 1.76. The Kier molecular flexibility index (Phi) is 7.16. The van der Waals surface area contributed by atoms with Gasteiger partial charge in [-0.2, -0.15) is 0 Å². The molecule has 0 unspecified atom stereocenters. The summed E-state index contributed by atoms with van der Waals surface area (Å²) >= 11 is 0. The summed E-state index contributed by atoms with van der Waals surface area (Å²) < 4.78 is 10.8. The van der Waals surface area contributed by atoms with Crippen LogP contribution in [0.4, 0.5) is 0 Å². The summed E-state index contributed by atoms with van der Waals surface area (Å²) in [5, 5.41) is 6.68. The van der Waals surface area contributed by atoms with Crippen LogP contribution in [0.15, 0.2) is 23.2 Å². The zero-order valence-electron chi connectivity index (χ0n) is 14.4. The number of guanidine groups is 1. The van der Waals surface area contributed by atoms with Crippen LogP contribution in [0.3, 0.4) is 0 Å². The summed E-state index contributed by atoms with van der Waals surface area (Å²) in [6, 6.07) is 6.22. The minimum absolute atomic E-state index is 0.681. The van der Waals surface area contributed by atoms with Crippen molar-refractivity contribution in [1.82, 2.24) is 15.5 Å². The number of nitrogens with one attached hydrogen (secondary N) is 2. The van der Waals surface area contributed by atoms with E-state index in [-0.39, 0.29) is 0 Å². The van der Waals surface area contributed by atoms with Crippen LogP contribution in [0.2, 0.25) is 0 Å². The second-order valence-electron chi connectivity index (χ2n) is 5.62. The molecule has 2 rings (SSSR count). The Labute approximate surface area is 138 Å². The lowest BCUT2D eigenvalue weighted by Crippen LogP contribution is -2.44. The van der Waals surface area contributed by atoms with Crippen molar-refractivity contribution in [3.63, 3.8) is 0 Å². The molecule has 1 fully saturated rings. The summed E-state index contributed by atoms with van der Waals surface area (Å²) in [6.07, 6.45) is 0. The van der Waals surface area contributed by atoms with Gasteiger partial charge in [0.2, 0.25) is 0 Å². The Morgan fingerprint density at radius 1 is 1.30 bits per heavy atom. The van der Waals surface area contributed by atoms with Gasteiger partial charge in [-0.05, 0) is 18.6 Å². The molecular weight excluding hydrogens is 292 g/mol. The van der Waals surface area contributed by atoms with E-state index in [9.17, 15) is 0 Å². The number of methoxy groups -OCH3 is 1. The Hall–Kier alpha value is -1.79. The van der Waals surface area contributed by atoms with Gasteiger partial charge in [0.05, 0.1) is 20.3 Å². The maximum Gasteiger partial charge on any atom is 0.191 e. The number of morpholine rings is 1. The fourth-order valence-electron chi connectivity index (χ4n) is 2.55. The lowest BCUT2D eigenvalue weighted by molar-refractivity contribution is 0.0389. The van der Waals surface area contributed by atoms with Gasteiger partial charge in [-0.3, -0.25) is 9.89 Å². The van der Waals surface area contributed by atoms with Crippen LogP contribution in [0.25, 0.3) is 0 Å². The average Bonchev–Trinajstić information content (AvgIpc) is 2.59. The highest BCUT2D eigenvalue weighted by Crippen LogP contribution is 2.19. The van der Waals surface area contributed by atoms with Crippen LogP contribution in [0.1, 0.15) is 11.1 Å². The van der Waals surface area contributed by atoms with Crippen LogP contribution in [-0.2, 0) is 11.3 Å². The second-order valence-corrected chi connectivity index (χ2v) is 5.62. The first-order valence-electron chi connectivity index (χ1n) is 8.11. The maximum absolute atomic E-state index is 5.43. The predicted molar refractivity (Wildman–Crippen MR) is 93.2 cm³/mol. The molecule has 1 heterocycles. The van der Waals surface area contributed by atoms with Crippen molar-refractivity contribution in [2.75, 3.05) is 53.6 Å². The van der Waals surface area contributed by atoms with Gasteiger partial charge in [0.25, 0.3) is 0 Å². The predicted octanol–water partition coefficient (Wildman–Crippen LogP) is 1.00. The number of aliphatic imine (C=N–C) groups is 1. The average molecular weight is 320 g/mol. The molecule has 1 aliphatic heterocycles. The molecule has 23 heavy (non-hydrogen) atoms. The Bertz CT molecular complexity index is 513. The minimum atomic E-state index is 0.681. The molecule has 0 aromatic heterocycles. The summed E-state index contributed by atoms with van der Waals surface area (Å²) in [4.78, 5) is 6.66. The third kappa shape index (κ3) is 5.73. The van der Waals surface area contributed by atoms with Gasteiger partial charge in [0, 0.05) is 45.3 Å². The van der Waals surface area contributed by atoms with Crippen LogP contribution in [0, 0.1) is 6.92 Å². The van der Waals surface area contributed by atoms with Crippen molar-refractivity contribution in [3.05, 3.63) is 29.3 Å². The molecule has 1 aromatic rings. The van der Waals surface area contributed by atoms with Crippen molar-refractivity contribution >= 4 is 5.96 Å². The second kappa shape index (κ2) is 9.37. The molecule has 2 N–H and O–H groups in total. The Morgan fingerprint density at radius 3 is 2.78 bits per heavy atom. The third-order valence-electron chi connectivity index (χ3n) is 3.94. The number of hydrogen-bond donors (Lipinski definition) is 2. The smallest absolute Gasteiger partial charge is 0.191 e. The zero-order chi connectivity index (χ0) is 16.5. The molecule has 0 aliphatic carbocycles. The molecule has 6 nitrogen and oxygen atoms in total. The van der Waals surface area contributed by atoms with Crippen LogP contribution < -0.4 is 15.4 Å². The van der Waals surface area contributed by atoms with E-state index in [0.717, 1.165) is 56.7 Å². The van der Waals surface area contributed by atoms with Crippen LogP contribution in [-0.4, -0.2) is 64.4 Å². The highest BCUT2D eigenvalue weighted by atomic mass is 16.5. The first kappa shape index (κ1) is 17.6. The first-order chi connectivity index (χ1) is 11.2. The van der Waals surface area contributed by atoms with E-state index in [2.05, 4.69) is 39.6 Å². The third-order valence-corrected chi connectivity index (χ3v) is 3.94. The zero-order valence-corrected chi connectivity index (χ0v) is 14.4. The lowest BCUT2D eigenvalue weighted by Gasteiger charge is -2.26. The van der Waals surface area contributed by atoms with Gasteiger partial charge >= 0.3 is 0 Å². The molecular formula is C17H28N4O2. The lowest BCUT2D eigenvalue weighted by atomic mass is 10.1. The van der Waals surface area contributed by atoms with Crippen molar-refractivity contribution in [2.45, 2.75) is 13.5 Å². The molecule has 1 saturated heterocycles. The van der Waals surface area contributed by atoms with Gasteiger partial charge in [0.1, 0.15) is 5.75 Å². The molecule has 1 aliphatic rings. The van der Waals surface area contributed by atoms with Crippen LogP contribution in [0.5, 0.6) is 5.75 Å². The largest absolute Gasteiger partial charge is 0.496 e. The SMILES string of the molecule is CN=C(NCCN1CCOCC1)NCc1ccc(C)cc1OC. The number of benzene rings is 1. The minimum Gasteiger partial charge on any atom is -0.496 e. The van der Waals surface area contributed by atoms with E-state index in [1.54, 1.807) is 14.2 Å². The summed E-state index contributed by atoms with van der Waals surface area (Å²) in [5.74, 6) is 1.71. The van der Waals surface area contributed by atoms with E-state index < -0.39 is 0 Å². The van der Waals surface area contributed by atoms with E-state index in [0.29, 0.717) is 6.54 Å². The fraction of sp³-hybridized carbons (Fsp3) is 0.588. The van der Waals surface area contributed by atoms with E-state index in [4.69, 9.17) is 9.47 Å². The summed E-state index contributed by atoms with van der Waals surface area (Å²) in [6.45, 7) is 8.29. The van der Waals surface area contributed by atoms with E-state index in [1.165, 1.54) is 5.56 Å². The molecule has 0 radical (unpaired) electrons. The van der Waals surface area contributed by atoms with Gasteiger partial charge in [-0.25, -0.2) is 0 Å². The van der Waals surface area contributed by atoms with Crippen molar-refractivity contribution in [1.29, 1.82) is 0 Å². The molecule has 1 aromatic carbocycles. The number of nitrogens with zero attached hydrogens (tertiary/aromatic N) is 2. The van der Waals surface area contributed by atoms with Crippen molar-refractivity contribution < 1.29 is 9.47 Å². The van der Waals surface area contributed by atoms with E-state index >= 15 is 0 Å². The topological polar surface area (TPSA) is 58.1 Å². The van der Waals surface area contributed by atoms with Gasteiger partial charge in [-0.15, -0.1) is 0 Å². The standard InChI is InChI=1S/C17H28N4O2/c1-14-4-5-15(16(12-14)22-3)13-20-17(18-2)19-6-7-21-8-10-23-11-9-21/h4-5,12H,6-11,13H2,1-3H3,(H2,18,19,20). The maximum atomic E-state index is 5.43. The number of rotatable bonds is 6. The molecule has 0 saturated carbocycles. The first-order valence-corrected chi connectivity index (χ1v) is 8.11.